The first-order valence-electron chi connectivity index (χ1n) is 8.49. The van der Waals surface area contributed by atoms with E-state index in [1.165, 1.54) is 0 Å². The van der Waals surface area contributed by atoms with Crippen molar-refractivity contribution in [2.45, 2.75) is 51.9 Å². The minimum atomic E-state index is -0.134. The quantitative estimate of drug-likeness (QED) is 0.680. The zero-order valence-corrected chi connectivity index (χ0v) is 14.2. The number of phenolic OH excluding ortho intramolecular Hbond substituents is 2. The van der Waals surface area contributed by atoms with Crippen LogP contribution < -0.4 is 0 Å². The van der Waals surface area contributed by atoms with E-state index in [1.54, 1.807) is 12.1 Å². The normalized spacial score (nSPS) is 21.1. The molecule has 126 valence electrons. The fourth-order valence-corrected chi connectivity index (χ4v) is 3.48. The maximum Gasteiger partial charge on any atom is 0.126 e. The van der Waals surface area contributed by atoms with Crippen LogP contribution in [0.1, 0.15) is 56.6 Å². The largest absolute Gasteiger partial charge is 0.508 e. The molecule has 2 rings (SSSR count). The molecule has 1 aliphatic rings. The zero-order chi connectivity index (χ0) is 17.0. The van der Waals surface area contributed by atoms with Gasteiger partial charge in [-0.2, -0.15) is 0 Å². The first-order chi connectivity index (χ1) is 11.0. The highest BCUT2D eigenvalue weighted by Gasteiger charge is 2.31. The van der Waals surface area contributed by atoms with Gasteiger partial charge in [-0.15, -0.1) is 0 Å². The van der Waals surface area contributed by atoms with Gasteiger partial charge in [0.05, 0.1) is 6.61 Å². The molecule has 2 atom stereocenters. The van der Waals surface area contributed by atoms with E-state index >= 15 is 0 Å². The molecular formula is C20H28O3. The van der Waals surface area contributed by atoms with Crippen molar-refractivity contribution in [3.05, 3.63) is 47.1 Å². The van der Waals surface area contributed by atoms with Gasteiger partial charge in [-0.25, -0.2) is 0 Å². The van der Waals surface area contributed by atoms with Crippen molar-refractivity contribution in [2.24, 2.45) is 5.92 Å². The molecule has 0 heterocycles. The topological polar surface area (TPSA) is 60.7 Å². The Kier molecular flexibility index (Phi) is 5.89. The molecule has 3 N–H and O–H groups in total. The predicted molar refractivity (Wildman–Crippen MR) is 93.8 cm³/mol. The number of phenols is 2. The van der Waals surface area contributed by atoms with Crippen molar-refractivity contribution in [1.82, 2.24) is 0 Å². The van der Waals surface area contributed by atoms with Crippen LogP contribution in [0, 0.1) is 5.92 Å². The van der Waals surface area contributed by atoms with E-state index in [1.807, 2.05) is 13.0 Å². The summed E-state index contributed by atoms with van der Waals surface area (Å²) in [4.78, 5) is 0. The van der Waals surface area contributed by atoms with E-state index in [0.29, 0.717) is 5.56 Å². The molecule has 0 aromatic heterocycles. The van der Waals surface area contributed by atoms with Crippen LogP contribution in [0.5, 0.6) is 11.5 Å². The summed E-state index contributed by atoms with van der Waals surface area (Å²) in [5.41, 5.74) is 3.47. The minimum Gasteiger partial charge on any atom is -0.508 e. The number of allylic oxidation sites excluding steroid dienone is 2. The first-order valence-corrected chi connectivity index (χ1v) is 8.49. The van der Waals surface area contributed by atoms with Gasteiger partial charge >= 0.3 is 0 Å². The Bertz CT molecular complexity index is 601. The van der Waals surface area contributed by atoms with Gasteiger partial charge in [0, 0.05) is 11.5 Å². The highest BCUT2D eigenvalue weighted by molar-refractivity contribution is 5.53. The van der Waals surface area contributed by atoms with E-state index < -0.39 is 0 Å². The van der Waals surface area contributed by atoms with Crippen LogP contribution >= 0.6 is 0 Å². The van der Waals surface area contributed by atoms with Crippen molar-refractivity contribution >= 4 is 0 Å². The fourth-order valence-electron chi connectivity index (χ4n) is 3.48. The smallest absolute Gasteiger partial charge is 0.126 e. The van der Waals surface area contributed by atoms with Crippen molar-refractivity contribution in [1.29, 1.82) is 0 Å². The molecule has 0 fully saturated rings. The lowest BCUT2D eigenvalue weighted by Gasteiger charge is -2.32. The van der Waals surface area contributed by atoms with Crippen molar-refractivity contribution < 1.29 is 15.3 Å². The van der Waals surface area contributed by atoms with Gasteiger partial charge in [-0.1, -0.05) is 37.6 Å². The number of aryl methyl sites for hydroxylation is 1. The third-order valence-corrected chi connectivity index (χ3v) is 4.87. The fraction of sp³-hybridized carbons (Fsp3) is 0.500. The van der Waals surface area contributed by atoms with Crippen molar-refractivity contribution in [3.63, 3.8) is 0 Å². The van der Waals surface area contributed by atoms with Crippen LogP contribution in [0.4, 0.5) is 0 Å². The maximum atomic E-state index is 10.7. The Morgan fingerprint density at radius 1 is 1.30 bits per heavy atom. The van der Waals surface area contributed by atoms with Crippen molar-refractivity contribution in [2.75, 3.05) is 6.61 Å². The van der Waals surface area contributed by atoms with Crippen LogP contribution in [0.15, 0.2) is 35.9 Å². The summed E-state index contributed by atoms with van der Waals surface area (Å²) >= 11 is 0. The van der Waals surface area contributed by atoms with E-state index in [2.05, 4.69) is 13.5 Å². The summed E-state index contributed by atoms with van der Waals surface area (Å²) in [5, 5.41) is 30.6. The third-order valence-electron chi connectivity index (χ3n) is 4.87. The monoisotopic (exact) mass is 316 g/mol. The van der Waals surface area contributed by atoms with E-state index in [-0.39, 0.29) is 29.9 Å². The molecule has 0 saturated heterocycles. The number of aliphatic hydroxyl groups excluding tert-OH is 1. The number of rotatable bonds is 6. The summed E-state index contributed by atoms with van der Waals surface area (Å²) in [5.74, 6) is 0.355. The molecule has 1 aromatic rings. The Morgan fingerprint density at radius 2 is 2.04 bits per heavy atom. The number of unbranched alkanes of at least 4 members (excludes halogenated alkanes) is 1. The second-order valence-corrected chi connectivity index (χ2v) is 6.61. The highest BCUT2D eigenvalue weighted by atomic mass is 16.3. The molecule has 0 unspecified atom stereocenters. The Balaban J connectivity index is 2.49. The van der Waals surface area contributed by atoms with Gasteiger partial charge in [-0.3, -0.25) is 0 Å². The number of aliphatic hydroxyl groups is 1. The number of aromatic hydroxyl groups is 2. The van der Waals surface area contributed by atoms with Crippen LogP contribution in [-0.2, 0) is 6.42 Å². The van der Waals surface area contributed by atoms with Crippen LogP contribution in [-0.4, -0.2) is 21.9 Å². The lowest BCUT2D eigenvalue weighted by atomic mass is 9.73. The van der Waals surface area contributed by atoms with Gasteiger partial charge in [-0.05, 0) is 55.7 Å². The summed E-state index contributed by atoms with van der Waals surface area (Å²) in [6.45, 7) is 8.21. The van der Waals surface area contributed by atoms with Crippen LogP contribution in [0.2, 0.25) is 0 Å². The summed E-state index contributed by atoms with van der Waals surface area (Å²) < 4.78 is 0. The molecule has 1 aliphatic carbocycles. The Morgan fingerprint density at radius 3 is 2.65 bits per heavy atom. The average molecular weight is 316 g/mol. The van der Waals surface area contributed by atoms with E-state index in [4.69, 9.17) is 0 Å². The van der Waals surface area contributed by atoms with E-state index in [9.17, 15) is 15.3 Å². The van der Waals surface area contributed by atoms with Gasteiger partial charge < -0.3 is 15.3 Å². The molecule has 0 spiro atoms. The predicted octanol–water partition coefficient (Wildman–Crippen LogP) is 4.43. The van der Waals surface area contributed by atoms with Gasteiger partial charge in [0.2, 0.25) is 0 Å². The molecule has 3 heteroatoms. The molecular weight excluding hydrogens is 288 g/mol. The second kappa shape index (κ2) is 7.69. The molecule has 0 amide bonds. The molecule has 0 aliphatic heterocycles. The SMILES string of the molecule is C=C(C)[C@@H]1CCC(CO)=C[C@H]1c1c(O)ccc(CCCC)c1O. The molecule has 23 heavy (non-hydrogen) atoms. The lowest BCUT2D eigenvalue weighted by Crippen LogP contribution is -2.19. The Labute approximate surface area is 139 Å². The number of hydrogen-bond donors (Lipinski definition) is 3. The molecule has 1 aromatic carbocycles. The second-order valence-electron chi connectivity index (χ2n) is 6.61. The number of hydrogen-bond acceptors (Lipinski definition) is 3. The van der Waals surface area contributed by atoms with Crippen LogP contribution in [0.3, 0.4) is 0 Å². The minimum absolute atomic E-state index is 0.0243. The zero-order valence-electron chi connectivity index (χ0n) is 14.2. The molecule has 0 bridgehead atoms. The molecule has 0 radical (unpaired) electrons. The van der Waals surface area contributed by atoms with Crippen LogP contribution in [0.25, 0.3) is 0 Å². The molecule has 3 nitrogen and oxygen atoms in total. The van der Waals surface area contributed by atoms with E-state index in [0.717, 1.165) is 48.8 Å². The molecule has 0 saturated carbocycles. The van der Waals surface area contributed by atoms with Crippen molar-refractivity contribution in [3.8, 4) is 11.5 Å². The summed E-state index contributed by atoms with van der Waals surface area (Å²) in [7, 11) is 0. The standard InChI is InChI=1S/C20H28O3/c1-4-5-6-15-8-10-18(22)19(20(15)23)17-11-14(12-21)7-9-16(17)13(2)3/h8,10-11,16-17,21-23H,2,4-7,9,12H2,1,3H3/t16-,17+/m0/s1. The number of benzene rings is 1. The van der Waals surface area contributed by atoms with Gasteiger partial charge in [0.15, 0.2) is 0 Å². The maximum absolute atomic E-state index is 10.7. The van der Waals surface area contributed by atoms with Gasteiger partial charge in [0.25, 0.3) is 0 Å². The summed E-state index contributed by atoms with van der Waals surface area (Å²) in [6.07, 6.45) is 6.58. The lowest BCUT2D eigenvalue weighted by molar-refractivity contribution is 0.314. The van der Waals surface area contributed by atoms with Gasteiger partial charge in [0.1, 0.15) is 11.5 Å². The third kappa shape index (κ3) is 3.78. The Hall–Kier alpha value is -1.74. The average Bonchev–Trinajstić information content (AvgIpc) is 2.54. The summed E-state index contributed by atoms with van der Waals surface area (Å²) in [6, 6.07) is 3.48. The first kappa shape index (κ1) is 17.6. The highest BCUT2D eigenvalue weighted by Crippen LogP contribution is 2.47.